The average Bonchev–Trinajstić information content (AvgIpc) is 2.16. The van der Waals surface area contributed by atoms with Crippen molar-refractivity contribution in [1.29, 1.82) is 0 Å². The van der Waals surface area contributed by atoms with Crippen LogP contribution in [-0.2, 0) is 9.59 Å². The van der Waals surface area contributed by atoms with Crippen LogP contribution in [0.15, 0.2) is 42.5 Å². The van der Waals surface area contributed by atoms with Gasteiger partial charge in [-0.25, -0.2) is 4.79 Å². The molecule has 1 aromatic rings. The zero-order valence-electron chi connectivity index (χ0n) is 8.31. The molecule has 15 heavy (non-hydrogen) atoms. The van der Waals surface area contributed by atoms with Gasteiger partial charge in [0.15, 0.2) is 0 Å². The Labute approximate surface area is 87.0 Å². The highest BCUT2D eigenvalue weighted by Gasteiger charge is 1.96. The summed E-state index contributed by atoms with van der Waals surface area (Å²) in [6.45, 7) is 0. The highest BCUT2D eigenvalue weighted by atomic mass is 16.4. The maximum atomic E-state index is 11.1. The van der Waals surface area contributed by atoms with Crippen molar-refractivity contribution in [1.82, 2.24) is 6.15 Å². The zero-order chi connectivity index (χ0) is 10.4. The first-order valence-electron chi connectivity index (χ1n) is 3.95. The predicted octanol–water partition coefficient (Wildman–Crippen LogP) is 1.64. The Morgan fingerprint density at radius 1 is 1.13 bits per heavy atom. The summed E-state index contributed by atoms with van der Waals surface area (Å²) in [7, 11) is 0. The van der Waals surface area contributed by atoms with E-state index in [-0.39, 0.29) is 6.15 Å². The number of carbonyl (C=O) groups is 2. The summed E-state index contributed by atoms with van der Waals surface area (Å²) >= 11 is 0. The van der Waals surface area contributed by atoms with E-state index in [0.29, 0.717) is 5.69 Å². The van der Waals surface area contributed by atoms with Crippen molar-refractivity contribution < 1.29 is 14.7 Å². The molecule has 0 heterocycles. The van der Waals surface area contributed by atoms with Gasteiger partial charge in [0.05, 0.1) is 0 Å². The minimum absolute atomic E-state index is 0. The van der Waals surface area contributed by atoms with Gasteiger partial charge in [-0.05, 0) is 12.1 Å². The molecule has 80 valence electrons. The molecule has 0 aliphatic rings. The van der Waals surface area contributed by atoms with E-state index >= 15 is 0 Å². The van der Waals surface area contributed by atoms with Crippen molar-refractivity contribution in [3.63, 3.8) is 0 Å². The van der Waals surface area contributed by atoms with Gasteiger partial charge in [-0.15, -0.1) is 0 Å². The Kier molecular flexibility index (Phi) is 5.43. The fourth-order valence-corrected chi connectivity index (χ4v) is 0.852. The number of rotatable bonds is 3. The van der Waals surface area contributed by atoms with E-state index in [1.54, 1.807) is 24.3 Å². The van der Waals surface area contributed by atoms with Crippen LogP contribution in [0.1, 0.15) is 0 Å². The second-order valence-corrected chi connectivity index (χ2v) is 2.53. The molecule has 0 fully saturated rings. The molecule has 5 nitrogen and oxygen atoms in total. The van der Waals surface area contributed by atoms with Gasteiger partial charge in [-0.3, -0.25) is 4.79 Å². The van der Waals surface area contributed by atoms with Gasteiger partial charge in [0.25, 0.3) is 0 Å². The molecule has 5 heteroatoms. The number of aliphatic carboxylic acids is 1. The van der Waals surface area contributed by atoms with Crippen LogP contribution in [0.2, 0.25) is 0 Å². The SMILES string of the molecule is O=C(O)/C=C\C(=O)Nc1ccccc1.[NH4+]. The van der Waals surface area contributed by atoms with Crippen molar-refractivity contribution in [2.45, 2.75) is 0 Å². The van der Waals surface area contributed by atoms with Gasteiger partial charge >= 0.3 is 5.97 Å². The first-order valence-corrected chi connectivity index (χ1v) is 3.95. The number of anilines is 1. The van der Waals surface area contributed by atoms with E-state index < -0.39 is 11.9 Å². The third kappa shape index (κ3) is 5.22. The molecule has 0 atom stereocenters. The summed E-state index contributed by atoms with van der Waals surface area (Å²) in [5.41, 5.74) is 0.632. The number of benzene rings is 1. The number of quaternary nitrogens is 1. The molecular weight excluding hydrogens is 196 g/mol. The van der Waals surface area contributed by atoms with Gasteiger partial charge < -0.3 is 16.6 Å². The summed E-state index contributed by atoms with van der Waals surface area (Å²) in [6.07, 6.45) is 1.76. The highest BCUT2D eigenvalue weighted by molar-refractivity contribution is 6.02. The Morgan fingerprint density at radius 2 is 1.73 bits per heavy atom. The Hall–Kier alpha value is -2.14. The lowest BCUT2D eigenvalue weighted by atomic mass is 10.3. The summed E-state index contributed by atoms with van der Waals surface area (Å²) in [6, 6.07) is 8.80. The molecule has 1 rings (SSSR count). The van der Waals surface area contributed by atoms with Gasteiger partial charge in [-0.1, -0.05) is 18.2 Å². The fourth-order valence-electron chi connectivity index (χ4n) is 0.852. The molecule has 0 saturated carbocycles. The number of carboxylic acid groups (broad SMARTS) is 1. The lowest BCUT2D eigenvalue weighted by Crippen LogP contribution is -2.08. The summed E-state index contributed by atoms with van der Waals surface area (Å²) in [5.74, 6) is -1.60. The molecule has 6 N–H and O–H groups in total. The number of hydrogen-bond donors (Lipinski definition) is 3. The lowest BCUT2D eigenvalue weighted by Gasteiger charge is -1.99. The van der Waals surface area contributed by atoms with Crippen LogP contribution in [0.3, 0.4) is 0 Å². The van der Waals surface area contributed by atoms with Crippen molar-refractivity contribution >= 4 is 17.6 Å². The van der Waals surface area contributed by atoms with Crippen molar-refractivity contribution in [2.24, 2.45) is 0 Å². The van der Waals surface area contributed by atoms with Crippen molar-refractivity contribution in [3.05, 3.63) is 42.5 Å². The fraction of sp³-hybridized carbons (Fsp3) is 0. The van der Waals surface area contributed by atoms with E-state index in [9.17, 15) is 9.59 Å². The Morgan fingerprint density at radius 3 is 2.27 bits per heavy atom. The summed E-state index contributed by atoms with van der Waals surface area (Å²) < 4.78 is 0. The van der Waals surface area contributed by atoms with Gasteiger partial charge in [-0.2, -0.15) is 0 Å². The van der Waals surface area contributed by atoms with Gasteiger partial charge in [0.1, 0.15) is 0 Å². The maximum absolute atomic E-state index is 11.1. The summed E-state index contributed by atoms with van der Waals surface area (Å²) in [4.78, 5) is 21.1. The summed E-state index contributed by atoms with van der Waals surface area (Å²) in [5, 5.41) is 10.8. The molecule has 0 bridgehead atoms. The van der Waals surface area contributed by atoms with Gasteiger partial charge in [0, 0.05) is 17.8 Å². The van der Waals surface area contributed by atoms with Crippen LogP contribution in [-0.4, -0.2) is 17.0 Å². The monoisotopic (exact) mass is 209 g/mol. The zero-order valence-corrected chi connectivity index (χ0v) is 8.31. The second-order valence-electron chi connectivity index (χ2n) is 2.53. The van der Waals surface area contributed by atoms with E-state index in [1.165, 1.54) is 0 Å². The predicted molar refractivity (Wildman–Crippen MR) is 57.8 cm³/mol. The lowest BCUT2D eigenvalue weighted by molar-refractivity contribution is -0.131. The normalized spacial score (nSPS) is 9.33. The van der Waals surface area contributed by atoms with E-state index in [0.717, 1.165) is 12.2 Å². The Balaban J connectivity index is 0.00000196. The number of hydrogen-bond acceptors (Lipinski definition) is 2. The smallest absolute Gasteiger partial charge is 0.328 e. The number of carbonyl (C=O) groups excluding carboxylic acids is 1. The molecule has 0 radical (unpaired) electrons. The molecule has 0 aliphatic heterocycles. The molecule has 0 unspecified atom stereocenters. The van der Waals surface area contributed by atoms with Crippen LogP contribution in [0.25, 0.3) is 0 Å². The molecular formula is C10H13N2O3+. The largest absolute Gasteiger partial charge is 0.478 e. The van der Waals surface area contributed by atoms with E-state index in [2.05, 4.69) is 5.32 Å². The topological polar surface area (TPSA) is 103 Å². The molecule has 0 saturated heterocycles. The van der Waals surface area contributed by atoms with Gasteiger partial charge in [0.2, 0.25) is 5.91 Å². The minimum Gasteiger partial charge on any atom is -0.478 e. The van der Waals surface area contributed by atoms with E-state index in [4.69, 9.17) is 5.11 Å². The quantitative estimate of drug-likeness (QED) is 0.659. The second kappa shape index (κ2) is 6.33. The van der Waals surface area contributed by atoms with Crippen LogP contribution in [0.4, 0.5) is 5.69 Å². The maximum Gasteiger partial charge on any atom is 0.328 e. The molecule has 0 aliphatic carbocycles. The van der Waals surface area contributed by atoms with Crippen LogP contribution in [0, 0.1) is 0 Å². The van der Waals surface area contributed by atoms with Crippen LogP contribution < -0.4 is 11.5 Å². The first-order chi connectivity index (χ1) is 6.68. The van der Waals surface area contributed by atoms with Crippen LogP contribution >= 0.6 is 0 Å². The first kappa shape index (κ1) is 12.9. The molecule has 1 aromatic carbocycles. The number of amides is 1. The Bertz CT molecular complexity index is 360. The molecule has 1 amide bonds. The van der Waals surface area contributed by atoms with Crippen molar-refractivity contribution in [3.8, 4) is 0 Å². The number of para-hydroxylation sites is 1. The van der Waals surface area contributed by atoms with Crippen molar-refractivity contribution in [2.75, 3.05) is 5.32 Å². The standard InChI is InChI=1S/C10H9NO3.H3N/c12-9(6-7-10(13)14)11-8-4-2-1-3-5-8;/h1-7H,(H,11,12)(H,13,14);1H3/p+1/b7-6-;. The average molecular weight is 209 g/mol. The third-order valence-electron chi connectivity index (χ3n) is 1.42. The molecule has 0 aromatic heterocycles. The molecule has 0 spiro atoms. The number of carboxylic acids is 1. The minimum atomic E-state index is -1.15. The highest BCUT2D eigenvalue weighted by Crippen LogP contribution is 2.04. The number of nitrogens with one attached hydrogen (secondary N) is 1. The van der Waals surface area contributed by atoms with Crippen LogP contribution in [0.5, 0.6) is 0 Å². The van der Waals surface area contributed by atoms with E-state index in [1.807, 2.05) is 6.07 Å². The third-order valence-corrected chi connectivity index (χ3v) is 1.42.